The van der Waals surface area contributed by atoms with Gasteiger partial charge in [-0.1, -0.05) is 18.9 Å². The lowest BCUT2D eigenvalue weighted by Gasteiger charge is -2.31. The van der Waals surface area contributed by atoms with Crippen LogP contribution in [0.1, 0.15) is 37.7 Å². The summed E-state index contributed by atoms with van der Waals surface area (Å²) in [5, 5.41) is 0. The molecular formula is C21H31F3N2O2S. The zero-order valence-electron chi connectivity index (χ0n) is 17.2. The lowest BCUT2D eigenvalue weighted by Crippen LogP contribution is -2.34. The SMILES string of the molecule is C=CCN(C)CCC1CCC(CN(C)S(=O)(=O)c2ccc(C(F)(F)F)cc2)CC1. The molecule has 0 saturated heterocycles. The average molecular weight is 433 g/mol. The third-order valence-electron chi connectivity index (χ3n) is 5.73. The zero-order valence-corrected chi connectivity index (χ0v) is 18.0. The number of hydrogen-bond acceptors (Lipinski definition) is 3. The fraction of sp³-hybridized carbons (Fsp3) is 0.619. The summed E-state index contributed by atoms with van der Waals surface area (Å²) in [5.74, 6) is 0.946. The summed E-state index contributed by atoms with van der Waals surface area (Å²) in [5.41, 5.74) is -0.851. The van der Waals surface area contributed by atoms with Gasteiger partial charge in [0.25, 0.3) is 0 Å². The highest BCUT2D eigenvalue weighted by Crippen LogP contribution is 2.33. The molecule has 1 aromatic rings. The number of rotatable bonds is 9. The molecule has 1 saturated carbocycles. The smallest absolute Gasteiger partial charge is 0.303 e. The maximum atomic E-state index is 12.7. The fourth-order valence-electron chi connectivity index (χ4n) is 3.87. The normalized spacial score (nSPS) is 20.9. The second-order valence-corrected chi connectivity index (χ2v) is 10.1. The molecule has 0 aromatic heterocycles. The lowest BCUT2D eigenvalue weighted by molar-refractivity contribution is -0.137. The van der Waals surface area contributed by atoms with Crippen molar-refractivity contribution >= 4 is 10.0 Å². The Kier molecular flexibility index (Phi) is 8.31. The first-order chi connectivity index (χ1) is 13.5. The number of benzene rings is 1. The molecule has 1 aliphatic carbocycles. The van der Waals surface area contributed by atoms with Gasteiger partial charge in [0.2, 0.25) is 10.0 Å². The minimum atomic E-state index is -4.48. The fourth-order valence-corrected chi connectivity index (χ4v) is 5.12. The van der Waals surface area contributed by atoms with E-state index < -0.39 is 21.8 Å². The molecule has 4 nitrogen and oxygen atoms in total. The van der Waals surface area contributed by atoms with E-state index in [0.717, 1.165) is 69.5 Å². The van der Waals surface area contributed by atoms with Gasteiger partial charge in [-0.2, -0.15) is 13.2 Å². The molecule has 0 aliphatic heterocycles. The highest BCUT2D eigenvalue weighted by Gasteiger charge is 2.32. The first kappa shape index (κ1) is 23.9. The maximum absolute atomic E-state index is 12.7. The van der Waals surface area contributed by atoms with Crippen LogP contribution in [0.15, 0.2) is 41.8 Å². The predicted molar refractivity (Wildman–Crippen MR) is 109 cm³/mol. The molecule has 1 fully saturated rings. The molecule has 0 amide bonds. The molecule has 0 bridgehead atoms. The quantitative estimate of drug-likeness (QED) is 0.534. The van der Waals surface area contributed by atoms with Crippen LogP contribution in [0.5, 0.6) is 0 Å². The summed E-state index contributed by atoms with van der Waals surface area (Å²) in [6.45, 7) is 6.05. The molecule has 1 aromatic carbocycles. The largest absolute Gasteiger partial charge is 0.416 e. The number of hydrogen-bond donors (Lipinski definition) is 0. The van der Waals surface area contributed by atoms with Gasteiger partial charge in [-0.05, 0) is 69.0 Å². The van der Waals surface area contributed by atoms with Crippen molar-refractivity contribution in [1.29, 1.82) is 0 Å². The zero-order chi connectivity index (χ0) is 21.7. The van der Waals surface area contributed by atoms with Crippen LogP contribution in [-0.4, -0.2) is 51.4 Å². The van der Waals surface area contributed by atoms with Gasteiger partial charge in [-0.3, -0.25) is 0 Å². The predicted octanol–water partition coefficient (Wildman–Crippen LogP) is 4.64. The minimum absolute atomic E-state index is 0.105. The molecule has 0 radical (unpaired) electrons. The molecule has 2 rings (SSSR count). The second-order valence-electron chi connectivity index (χ2n) is 8.03. The molecule has 0 spiro atoms. The molecule has 0 heterocycles. The van der Waals surface area contributed by atoms with Crippen LogP contribution in [0.3, 0.4) is 0 Å². The minimum Gasteiger partial charge on any atom is -0.303 e. The number of alkyl halides is 3. The van der Waals surface area contributed by atoms with Crippen molar-refractivity contribution < 1.29 is 21.6 Å². The van der Waals surface area contributed by atoms with E-state index in [2.05, 4.69) is 18.5 Å². The van der Waals surface area contributed by atoms with Crippen molar-refractivity contribution in [2.75, 3.05) is 33.7 Å². The Morgan fingerprint density at radius 2 is 1.62 bits per heavy atom. The topological polar surface area (TPSA) is 40.6 Å². The number of nitrogens with zero attached hydrogens (tertiary/aromatic N) is 2. The maximum Gasteiger partial charge on any atom is 0.416 e. The van der Waals surface area contributed by atoms with E-state index >= 15 is 0 Å². The number of likely N-dealkylation sites (N-methyl/N-ethyl adjacent to an activating group) is 1. The summed E-state index contributed by atoms with van der Waals surface area (Å²) >= 11 is 0. The van der Waals surface area contributed by atoms with Crippen LogP contribution in [0, 0.1) is 11.8 Å². The van der Waals surface area contributed by atoms with E-state index in [0.29, 0.717) is 12.5 Å². The first-order valence-corrected chi connectivity index (χ1v) is 11.4. The number of sulfonamides is 1. The van der Waals surface area contributed by atoms with Gasteiger partial charge in [0, 0.05) is 20.1 Å². The van der Waals surface area contributed by atoms with Crippen molar-refractivity contribution in [3.8, 4) is 0 Å². The lowest BCUT2D eigenvalue weighted by atomic mass is 9.80. The van der Waals surface area contributed by atoms with Gasteiger partial charge >= 0.3 is 6.18 Å². The van der Waals surface area contributed by atoms with E-state index in [1.807, 2.05) is 6.08 Å². The summed E-state index contributed by atoms with van der Waals surface area (Å²) in [6.07, 6.45) is 2.67. The Hall–Kier alpha value is -1.38. The van der Waals surface area contributed by atoms with Crippen LogP contribution in [0.4, 0.5) is 13.2 Å². The summed E-state index contributed by atoms with van der Waals surface area (Å²) in [6, 6.07) is 3.70. The van der Waals surface area contributed by atoms with Crippen molar-refractivity contribution in [3.63, 3.8) is 0 Å². The van der Waals surface area contributed by atoms with E-state index in [-0.39, 0.29) is 10.8 Å². The molecule has 29 heavy (non-hydrogen) atoms. The highest BCUT2D eigenvalue weighted by molar-refractivity contribution is 7.89. The molecule has 0 N–H and O–H groups in total. The van der Waals surface area contributed by atoms with Crippen LogP contribution in [-0.2, 0) is 16.2 Å². The first-order valence-electron chi connectivity index (χ1n) is 9.97. The van der Waals surface area contributed by atoms with Gasteiger partial charge in [-0.15, -0.1) is 6.58 Å². The van der Waals surface area contributed by atoms with Gasteiger partial charge in [-0.25, -0.2) is 12.7 Å². The Labute approximate surface area is 172 Å². The van der Waals surface area contributed by atoms with E-state index in [1.54, 1.807) is 0 Å². The van der Waals surface area contributed by atoms with Crippen molar-refractivity contribution in [1.82, 2.24) is 9.21 Å². The molecule has 164 valence electrons. The summed E-state index contributed by atoms with van der Waals surface area (Å²) < 4.78 is 64.7. The standard InChI is InChI=1S/C21H31F3N2O2S/c1-4-14-25(2)15-13-17-5-7-18(8-6-17)16-26(3)29(27,28)20-11-9-19(10-12-20)21(22,23)24/h4,9-12,17-18H,1,5-8,13-16H2,2-3H3. The van der Waals surface area contributed by atoms with Gasteiger partial charge in [0.1, 0.15) is 0 Å². The Bertz CT molecular complexity index is 755. The summed E-state index contributed by atoms with van der Waals surface area (Å²) in [4.78, 5) is 2.13. The molecule has 0 unspecified atom stereocenters. The third-order valence-corrected chi connectivity index (χ3v) is 7.57. The molecular weight excluding hydrogens is 401 g/mol. The average Bonchev–Trinajstić information content (AvgIpc) is 2.67. The third kappa shape index (κ3) is 6.83. The van der Waals surface area contributed by atoms with Gasteiger partial charge < -0.3 is 4.90 Å². The highest BCUT2D eigenvalue weighted by atomic mass is 32.2. The second kappa shape index (κ2) is 10.1. The Morgan fingerprint density at radius 1 is 1.07 bits per heavy atom. The van der Waals surface area contributed by atoms with Gasteiger partial charge in [0.15, 0.2) is 0 Å². The van der Waals surface area contributed by atoms with Crippen molar-refractivity contribution in [2.24, 2.45) is 11.8 Å². The van der Waals surface area contributed by atoms with Crippen LogP contribution in [0.25, 0.3) is 0 Å². The van der Waals surface area contributed by atoms with E-state index in [1.165, 1.54) is 11.4 Å². The van der Waals surface area contributed by atoms with Crippen molar-refractivity contribution in [3.05, 3.63) is 42.5 Å². The Balaban J connectivity index is 1.87. The molecule has 1 aliphatic rings. The van der Waals surface area contributed by atoms with Crippen LogP contribution < -0.4 is 0 Å². The van der Waals surface area contributed by atoms with E-state index in [4.69, 9.17) is 0 Å². The van der Waals surface area contributed by atoms with Crippen LogP contribution in [0.2, 0.25) is 0 Å². The molecule has 0 atom stereocenters. The van der Waals surface area contributed by atoms with Crippen molar-refractivity contribution in [2.45, 2.75) is 43.2 Å². The van der Waals surface area contributed by atoms with E-state index in [9.17, 15) is 21.6 Å². The molecule has 8 heteroatoms. The monoisotopic (exact) mass is 432 g/mol. The Morgan fingerprint density at radius 3 is 2.14 bits per heavy atom. The van der Waals surface area contributed by atoms with Gasteiger partial charge in [0.05, 0.1) is 10.5 Å². The van der Waals surface area contributed by atoms with Crippen LogP contribution >= 0.6 is 0 Å². The number of halogens is 3. The summed E-state index contributed by atoms with van der Waals surface area (Å²) in [7, 11) is -0.211.